The molecule has 0 amide bonds. The van der Waals surface area contributed by atoms with Crippen LogP contribution in [0.25, 0.3) is 0 Å². The van der Waals surface area contributed by atoms with E-state index in [0.717, 1.165) is 33.9 Å². The van der Waals surface area contributed by atoms with Crippen LogP contribution in [0, 0.1) is 36.5 Å². The predicted octanol–water partition coefficient (Wildman–Crippen LogP) is 4.26. The molecule has 5 unspecified atom stereocenters. The third-order valence-corrected chi connectivity index (χ3v) is 7.31. The van der Waals surface area contributed by atoms with Gasteiger partial charge in [-0.15, -0.1) is 11.3 Å². The Hall–Kier alpha value is -0.0500. The molecule has 3 fully saturated rings. The van der Waals surface area contributed by atoms with Gasteiger partial charge in [-0.25, -0.2) is 0 Å². The van der Waals surface area contributed by atoms with Crippen molar-refractivity contribution in [3.63, 3.8) is 0 Å². The highest BCUT2D eigenvalue weighted by Gasteiger charge is 2.66. The van der Waals surface area contributed by atoms with E-state index >= 15 is 0 Å². The van der Waals surface area contributed by atoms with Crippen molar-refractivity contribution < 1.29 is 0 Å². The minimum Gasteiger partial charge on any atom is -0.312 e. The first-order valence-corrected chi connectivity index (χ1v) is 8.33. The Morgan fingerprint density at radius 3 is 2.50 bits per heavy atom. The minimum absolute atomic E-state index is 0.555. The van der Waals surface area contributed by atoms with Crippen LogP contribution in [0.4, 0.5) is 0 Å². The lowest BCUT2D eigenvalue weighted by molar-refractivity contribution is 0.389. The Morgan fingerprint density at radius 2 is 2.00 bits per heavy atom. The third-order valence-electron chi connectivity index (χ3n) is 5.67. The van der Waals surface area contributed by atoms with Crippen molar-refractivity contribution >= 4 is 22.9 Å². The molecule has 2 bridgehead atoms. The molecule has 1 aromatic rings. The van der Waals surface area contributed by atoms with Gasteiger partial charge < -0.3 is 5.32 Å². The molecule has 0 spiro atoms. The largest absolute Gasteiger partial charge is 0.312 e. The average molecular weight is 282 g/mol. The Bertz CT molecular complexity index is 447. The fraction of sp³-hybridized carbons (Fsp3) is 0.733. The second kappa shape index (κ2) is 3.97. The Kier molecular flexibility index (Phi) is 2.59. The summed E-state index contributed by atoms with van der Waals surface area (Å²) < 4.78 is 0.971. The van der Waals surface area contributed by atoms with E-state index < -0.39 is 0 Å². The molecule has 1 nitrogen and oxygen atoms in total. The number of hydrogen-bond acceptors (Lipinski definition) is 2. The van der Waals surface area contributed by atoms with E-state index in [1.165, 1.54) is 29.7 Å². The Labute approximate surface area is 118 Å². The number of fused-ring (bicyclic) bond motifs is 5. The van der Waals surface area contributed by atoms with Crippen molar-refractivity contribution in [2.45, 2.75) is 32.2 Å². The van der Waals surface area contributed by atoms with Crippen LogP contribution in [0.3, 0.4) is 0 Å². The molecule has 4 rings (SSSR count). The summed E-state index contributed by atoms with van der Waals surface area (Å²) in [6.45, 7) is 2.12. The Morgan fingerprint density at radius 1 is 1.33 bits per heavy atom. The molecule has 5 atom stereocenters. The first kappa shape index (κ1) is 11.7. The fourth-order valence-electron chi connectivity index (χ4n) is 5.00. The van der Waals surface area contributed by atoms with Crippen molar-refractivity contribution in [3.05, 3.63) is 20.8 Å². The van der Waals surface area contributed by atoms with Gasteiger partial charge in [0.05, 0.1) is 4.34 Å². The molecule has 18 heavy (non-hydrogen) atoms. The van der Waals surface area contributed by atoms with Crippen LogP contribution in [0.1, 0.15) is 35.7 Å². The zero-order valence-electron chi connectivity index (χ0n) is 10.9. The van der Waals surface area contributed by atoms with Gasteiger partial charge in [0.2, 0.25) is 0 Å². The first-order chi connectivity index (χ1) is 8.70. The lowest BCUT2D eigenvalue weighted by atomic mass is 9.96. The molecule has 0 aliphatic heterocycles. The molecular formula is C15H20ClNS. The van der Waals surface area contributed by atoms with Crippen molar-refractivity contribution in [2.24, 2.45) is 29.6 Å². The topological polar surface area (TPSA) is 12.0 Å². The molecule has 3 saturated carbocycles. The predicted molar refractivity (Wildman–Crippen MR) is 77.2 cm³/mol. The number of rotatable bonds is 3. The molecule has 3 aliphatic carbocycles. The second-order valence-corrected chi connectivity index (χ2v) is 8.12. The summed E-state index contributed by atoms with van der Waals surface area (Å²) in [6.07, 6.45) is 4.54. The molecular weight excluding hydrogens is 262 g/mol. The summed E-state index contributed by atoms with van der Waals surface area (Å²) in [5.41, 5.74) is 1.24. The molecule has 1 aromatic heterocycles. The molecule has 3 aliphatic rings. The van der Waals surface area contributed by atoms with Crippen molar-refractivity contribution in [1.29, 1.82) is 0 Å². The summed E-state index contributed by atoms with van der Waals surface area (Å²) in [7, 11) is 2.11. The minimum atomic E-state index is 0.555. The van der Waals surface area contributed by atoms with Crippen LogP contribution in [-0.2, 0) is 0 Å². The standard InChI is InChI=1S/C15H20ClNS/c1-7-5-10(18-15(7)16)14(17-2)13-11-8-3-4-9(6-8)12(11)13/h5,8-9,11-14,17H,3-4,6H2,1-2H3. The van der Waals surface area contributed by atoms with Crippen molar-refractivity contribution in [2.75, 3.05) is 7.05 Å². The third kappa shape index (κ3) is 1.49. The molecule has 1 heterocycles. The maximum atomic E-state index is 6.24. The zero-order chi connectivity index (χ0) is 12.4. The lowest BCUT2D eigenvalue weighted by Crippen LogP contribution is -2.20. The number of halogens is 1. The van der Waals surface area contributed by atoms with Gasteiger partial charge in [0.25, 0.3) is 0 Å². The van der Waals surface area contributed by atoms with E-state index in [-0.39, 0.29) is 0 Å². The fourth-order valence-corrected chi connectivity index (χ4v) is 6.39. The smallest absolute Gasteiger partial charge is 0.0960 e. The highest BCUT2D eigenvalue weighted by molar-refractivity contribution is 7.16. The van der Waals surface area contributed by atoms with Gasteiger partial charge >= 0.3 is 0 Å². The molecule has 1 N–H and O–H groups in total. The lowest BCUT2D eigenvalue weighted by Gasteiger charge is -2.18. The monoisotopic (exact) mass is 281 g/mol. The van der Waals surface area contributed by atoms with Gasteiger partial charge in [-0.1, -0.05) is 11.6 Å². The number of thiophene rings is 1. The average Bonchev–Trinajstić information content (AvgIpc) is 2.69. The van der Waals surface area contributed by atoms with Crippen molar-refractivity contribution in [1.82, 2.24) is 5.32 Å². The van der Waals surface area contributed by atoms with Gasteiger partial charge in [-0.3, -0.25) is 0 Å². The molecule has 0 saturated heterocycles. The molecule has 98 valence electrons. The van der Waals surface area contributed by atoms with E-state index in [1.54, 1.807) is 11.3 Å². The van der Waals surface area contributed by atoms with Crippen LogP contribution in [0.2, 0.25) is 4.34 Å². The summed E-state index contributed by atoms with van der Waals surface area (Å²) in [5, 5.41) is 3.57. The highest BCUT2D eigenvalue weighted by atomic mass is 35.5. The van der Waals surface area contributed by atoms with E-state index in [4.69, 9.17) is 11.6 Å². The number of aryl methyl sites for hydroxylation is 1. The second-order valence-electron chi connectivity index (χ2n) is 6.44. The van der Waals surface area contributed by atoms with E-state index in [9.17, 15) is 0 Å². The van der Waals surface area contributed by atoms with Gasteiger partial charge in [-0.05, 0) is 74.5 Å². The van der Waals surface area contributed by atoms with E-state index in [0.29, 0.717) is 6.04 Å². The maximum absolute atomic E-state index is 6.24. The van der Waals surface area contributed by atoms with Gasteiger partial charge in [0, 0.05) is 10.9 Å². The zero-order valence-corrected chi connectivity index (χ0v) is 12.5. The molecule has 0 aromatic carbocycles. The highest BCUT2D eigenvalue weighted by Crippen LogP contribution is 2.72. The van der Waals surface area contributed by atoms with Crippen LogP contribution in [0.15, 0.2) is 6.07 Å². The van der Waals surface area contributed by atoms with Gasteiger partial charge in [0.15, 0.2) is 0 Å². The summed E-state index contributed by atoms with van der Waals surface area (Å²) in [6, 6.07) is 2.85. The quantitative estimate of drug-likeness (QED) is 0.873. The number of nitrogens with one attached hydrogen (secondary N) is 1. The van der Waals surface area contributed by atoms with Crippen molar-refractivity contribution in [3.8, 4) is 0 Å². The SMILES string of the molecule is CNC(c1cc(C)c(Cl)s1)C1C2C3CCC(C3)C21. The van der Waals surface area contributed by atoms with Crippen LogP contribution in [-0.4, -0.2) is 7.05 Å². The summed E-state index contributed by atoms with van der Waals surface area (Å²) in [5.74, 6) is 5.06. The Balaban J connectivity index is 1.60. The first-order valence-electron chi connectivity index (χ1n) is 7.13. The summed E-state index contributed by atoms with van der Waals surface area (Å²) >= 11 is 8.02. The molecule has 3 heteroatoms. The van der Waals surface area contributed by atoms with Crippen LogP contribution in [0.5, 0.6) is 0 Å². The summed E-state index contributed by atoms with van der Waals surface area (Å²) in [4.78, 5) is 1.46. The molecule has 0 radical (unpaired) electrons. The van der Waals surface area contributed by atoms with E-state index in [2.05, 4.69) is 25.4 Å². The van der Waals surface area contributed by atoms with Gasteiger partial charge in [-0.2, -0.15) is 0 Å². The van der Waals surface area contributed by atoms with Gasteiger partial charge in [0.1, 0.15) is 0 Å². The van der Waals surface area contributed by atoms with E-state index in [1.807, 2.05) is 0 Å². The maximum Gasteiger partial charge on any atom is 0.0960 e. The number of hydrogen-bond donors (Lipinski definition) is 1. The van der Waals surface area contributed by atoms with Crippen LogP contribution < -0.4 is 5.32 Å². The van der Waals surface area contributed by atoms with Crippen LogP contribution >= 0.6 is 22.9 Å². The normalized spacial score (nSPS) is 42.1.